The van der Waals surface area contributed by atoms with Crippen LogP contribution in [0.5, 0.6) is 0 Å². The van der Waals surface area contributed by atoms with Crippen LogP contribution in [-0.2, 0) is 4.79 Å². The molecule has 1 heterocycles. The van der Waals surface area contributed by atoms with Crippen molar-refractivity contribution in [1.82, 2.24) is 5.32 Å². The van der Waals surface area contributed by atoms with Crippen LogP contribution in [0.2, 0.25) is 0 Å². The molecule has 0 aromatic carbocycles. The highest BCUT2D eigenvalue weighted by Crippen LogP contribution is 2.31. The molecule has 1 fully saturated rings. The van der Waals surface area contributed by atoms with Crippen molar-refractivity contribution in [3.8, 4) is 0 Å². The number of carbonyl (C=O) groups excluding carboxylic acids is 1. The van der Waals surface area contributed by atoms with Crippen LogP contribution in [0, 0.1) is 17.3 Å². The summed E-state index contributed by atoms with van der Waals surface area (Å²) in [7, 11) is 0. The summed E-state index contributed by atoms with van der Waals surface area (Å²) >= 11 is 0. The smallest absolute Gasteiger partial charge is 0.242 e. The maximum Gasteiger partial charge on any atom is 0.242 e. The van der Waals surface area contributed by atoms with Crippen LogP contribution in [0.3, 0.4) is 0 Å². The van der Waals surface area contributed by atoms with Gasteiger partial charge in [0.2, 0.25) is 6.43 Å². The Kier molecular flexibility index (Phi) is 4.05. The number of hydrogen-bond donors (Lipinski definition) is 1. The van der Waals surface area contributed by atoms with Gasteiger partial charge in [-0.1, -0.05) is 20.8 Å². The molecule has 0 spiro atoms. The number of rotatable bonds is 2. The summed E-state index contributed by atoms with van der Waals surface area (Å²) in [5.41, 5.74) is -0.454. The van der Waals surface area contributed by atoms with Gasteiger partial charge in [-0.05, 0) is 13.3 Å². The quantitative estimate of drug-likeness (QED) is 0.794. The highest BCUT2D eigenvalue weighted by atomic mass is 19.3. The number of nitrogens with one attached hydrogen (secondary N) is 1. The van der Waals surface area contributed by atoms with Crippen LogP contribution in [0.4, 0.5) is 8.78 Å². The van der Waals surface area contributed by atoms with Crippen molar-refractivity contribution in [3.05, 3.63) is 0 Å². The summed E-state index contributed by atoms with van der Waals surface area (Å²) in [6.07, 6.45) is -2.03. The highest BCUT2D eigenvalue weighted by molar-refractivity contribution is 5.86. The Bertz CT molecular complexity index is 260. The summed E-state index contributed by atoms with van der Waals surface area (Å²) in [4.78, 5) is 12.1. The number of halogens is 2. The van der Waals surface area contributed by atoms with Gasteiger partial charge in [0.15, 0.2) is 0 Å². The third kappa shape index (κ3) is 3.00. The summed E-state index contributed by atoms with van der Waals surface area (Å²) in [6.45, 7) is 7.73. The maximum absolute atomic E-state index is 12.6. The van der Waals surface area contributed by atoms with Crippen molar-refractivity contribution in [1.29, 1.82) is 0 Å². The first kappa shape index (κ1) is 13.6. The van der Waals surface area contributed by atoms with Crippen LogP contribution in [0.15, 0.2) is 0 Å². The lowest BCUT2D eigenvalue weighted by Gasteiger charge is -2.37. The minimum Gasteiger partial charge on any atom is -0.313 e. The van der Waals surface area contributed by atoms with Gasteiger partial charge < -0.3 is 5.32 Å². The zero-order chi connectivity index (χ0) is 12.5. The van der Waals surface area contributed by atoms with Gasteiger partial charge >= 0.3 is 0 Å². The first-order chi connectivity index (χ1) is 7.23. The SMILES string of the molecule is CC1NCC(C(F)F)CC1C(=O)C(C)(C)C. The highest BCUT2D eigenvalue weighted by Gasteiger charge is 2.39. The molecule has 0 aromatic heterocycles. The van der Waals surface area contributed by atoms with Crippen molar-refractivity contribution in [2.75, 3.05) is 6.54 Å². The number of Topliss-reactive ketones (excluding diaryl/α,β-unsaturated/α-hetero) is 1. The van der Waals surface area contributed by atoms with E-state index in [-0.39, 0.29) is 17.7 Å². The molecule has 1 aliphatic heterocycles. The standard InChI is InChI=1S/C12H21F2NO/c1-7-9(10(16)12(2,3)4)5-8(6-15-7)11(13)14/h7-9,11,15H,5-6H2,1-4H3. The second kappa shape index (κ2) is 4.78. The first-order valence-corrected chi connectivity index (χ1v) is 5.79. The molecular formula is C12H21F2NO. The summed E-state index contributed by atoms with van der Waals surface area (Å²) in [6, 6.07) is 0.00160. The van der Waals surface area contributed by atoms with E-state index in [0.29, 0.717) is 13.0 Å². The molecule has 0 saturated carbocycles. The number of piperidine rings is 1. The average Bonchev–Trinajstić information content (AvgIpc) is 2.15. The molecule has 0 aromatic rings. The second-order valence-corrected chi connectivity index (χ2v) is 5.75. The molecule has 0 aliphatic carbocycles. The Morgan fingerprint density at radius 1 is 1.38 bits per heavy atom. The van der Waals surface area contributed by atoms with E-state index in [0.717, 1.165) is 0 Å². The van der Waals surface area contributed by atoms with E-state index >= 15 is 0 Å². The van der Waals surface area contributed by atoms with Crippen molar-refractivity contribution in [2.24, 2.45) is 17.3 Å². The molecule has 0 radical (unpaired) electrons. The van der Waals surface area contributed by atoms with E-state index in [9.17, 15) is 13.6 Å². The Balaban J connectivity index is 2.74. The Labute approximate surface area is 95.8 Å². The molecule has 4 heteroatoms. The van der Waals surface area contributed by atoms with Crippen LogP contribution in [0.25, 0.3) is 0 Å². The zero-order valence-corrected chi connectivity index (χ0v) is 10.4. The lowest BCUT2D eigenvalue weighted by molar-refractivity contribution is -0.133. The topological polar surface area (TPSA) is 29.1 Å². The fourth-order valence-electron chi connectivity index (χ4n) is 2.18. The number of hydrogen-bond acceptors (Lipinski definition) is 2. The van der Waals surface area contributed by atoms with Crippen LogP contribution in [0.1, 0.15) is 34.1 Å². The second-order valence-electron chi connectivity index (χ2n) is 5.75. The van der Waals surface area contributed by atoms with Gasteiger partial charge in [0, 0.05) is 29.8 Å². The fraction of sp³-hybridized carbons (Fsp3) is 0.917. The van der Waals surface area contributed by atoms with Crippen molar-refractivity contribution in [2.45, 2.75) is 46.6 Å². The lowest BCUT2D eigenvalue weighted by atomic mass is 9.74. The molecule has 1 saturated heterocycles. The molecular weight excluding hydrogens is 212 g/mol. The molecule has 0 amide bonds. The minimum absolute atomic E-state index is 0.00160. The number of carbonyl (C=O) groups is 1. The molecule has 0 bridgehead atoms. The zero-order valence-electron chi connectivity index (χ0n) is 10.4. The van der Waals surface area contributed by atoms with Crippen molar-refractivity contribution < 1.29 is 13.6 Å². The van der Waals surface area contributed by atoms with Gasteiger partial charge in [0.05, 0.1) is 0 Å². The van der Waals surface area contributed by atoms with Gasteiger partial charge in [0.1, 0.15) is 5.78 Å². The molecule has 1 rings (SSSR count). The average molecular weight is 233 g/mol. The van der Waals surface area contributed by atoms with E-state index in [2.05, 4.69) is 5.32 Å². The third-order valence-corrected chi connectivity index (χ3v) is 3.29. The summed E-state index contributed by atoms with van der Waals surface area (Å²) in [5, 5.41) is 3.02. The van der Waals surface area contributed by atoms with Crippen LogP contribution in [-0.4, -0.2) is 24.8 Å². The molecule has 16 heavy (non-hydrogen) atoms. The van der Waals surface area contributed by atoms with Gasteiger partial charge in [-0.3, -0.25) is 4.79 Å². The van der Waals surface area contributed by atoms with Gasteiger partial charge in [0.25, 0.3) is 0 Å². The molecule has 3 unspecified atom stereocenters. The first-order valence-electron chi connectivity index (χ1n) is 5.79. The Morgan fingerprint density at radius 2 is 1.94 bits per heavy atom. The monoisotopic (exact) mass is 233 g/mol. The van der Waals surface area contributed by atoms with Crippen molar-refractivity contribution >= 4 is 5.78 Å². The summed E-state index contributed by atoms with van der Waals surface area (Å²) in [5.74, 6) is -0.891. The molecule has 94 valence electrons. The maximum atomic E-state index is 12.6. The van der Waals surface area contributed by atoms with E-state index in [1.165, 1.54) is 0 Å². The Morgan fingerprint density at radius 3 is 2.38 bits per heavy atom. The number of ketones is 1. The largest absolute Gasteiger partial charge is 0.313 e. The van der Waals surface area contributed by atoms with Gasteiger partial charge in [-0.2, -0.15) is 0 Å². The minimum atomic E-state index is -2.34. The van der Waals surface area contributed by atoms with Crippen LogP contribution < -0.4 is 5.32 Å². The van der Waals surface area contributed by atoms with E-state index in [1.807, 2.05) is 27.7 Å². The van der Waals surface area contributed by atoms with Gasteiger partial charge in [-0.25, -0.2) is 8.78 Å². The predicted molar refractivity (Wildman–Crippen MR) is 59.5 cm³/mol. The summed E-state index contributed by atoms with van der Waals surface area (Å²) < 4.78 is 25.3. The van der Waals surface area contributed by atoms with E-state index in [1.54, 1.807) is 0 Å². The van der Waals surface area contributed by atoms with Gasteiger partial charge in [-0.15, -0.1) is 0 Å². The van der Waals surface area contributed by atoms with E-state index in [4.69, 9.17) is 0 Å². The fourth-order valence-corrected chi connectivity index (χ4v) is 2.18. The third-order valence-electron chi connectivity index (χ3n) is 3.29. The predicted octanol–water partition coefficient (Wildman–Crippen LogP) is 2.48. The normalized spacial score (nSPS) is 31.8. The van der Waals surface area contributed by atoms with Crippen molar-refractivity contribution in [3.63, 3.8) is 0 Å². The molecule has 3 atom stereocenters. The lowest BCUT2D eigenvalue weighted by Crippen LogP contribution is -2.50. The van der Waals surface area contributed by atoms with E-state index < -0.39 is 17.8 Å². The molecule has 1 N–H and O–H groups in total. The Hall–Kier alpha value is -0.510. The number of alkyl halides is 2. The molecule has 1 aliphatic rings. The van der Waals surface area contributed by atoms with Crippen LogP contribution >= 0.6 is 0 Å². The molecule has 2 nitrogen and oxygen atoms in total.